The van der Waals surface area contributed by atoms with Crippen LogP contribution in [0.5, 0.6) is 0 Å². The van der Waals surface area contributed by atoms with Gasteiger partial charge >= 0.3 is 6.09 Å². The lowest BCUT2D eigenvalue weighted by atomic mass is 10.0. The molecule has 4 N–H and O–H groups in total. The van der Waals surface area contributed by atoms with Crippen LogP contribution in [-0.2, 0) is 6.54 Å². The normalized spacial score (nSPS) is 14.8. The summed E-state index contributed by atoms with van der Waals surface area (Å²) in [7, 11) is 0. The van der Waals surface area contributed by atoms with E-state index in [0.717, 1.165) is 55.0 Å². The molecule has 2 aromatic carbocycles. The van der Waals surface area contributed by atoms with Crippen molar-refractivity contribution in [2.45, 2.75) is 45.3 Å². The zero-order valence-corrected chi connectivity index (χ0v) is 19.5. The molecule has 4 rings (SSSR count). The molecule has 1 saturated heterocycles. The van der Waals surface area contributed by atoms with Gasteiger partial charge in [0.1, 0.15) is 0 Å². The van der Waals surface area contributed by atoms with E-state index in [1.165, 1.54) is 5.56 Å². The minimum absolute atomic E-state index is 0.0518. The second kappa shape index (κ2) is 10.5. The Morgan fingerprint density at radius 1 is 1.09 bits per heavy atom. The molecule has 0 radical (unpaired) electrons. The van der Waals surface area contributed by atoms with Gasteiger partial charge in [0.15, 0.2) is 0 Å². The first kappa shape index (κ1) is 23.5. The number of amides is 2. The van der Waals surface area contributed by atoms with Crippen LogP contribution in [0.4, 0.5) is 4.79 Å². The number of aromatic amines is 1. The second-order valence-corrected chi connectivity index (χ2v) is 9.07. The number of nitrogens with zero attached hydrogens (tertiary/aromatic N) is 2. The third kappa shape index (κ3) is 6.02. The van der Waals surface area contributed by atoms with Crippen molar-refractivity contribution in [3.8, 4) is 22.5 Å². The minimum atomic E-state index is -0.944. The Morgan fingerprint density at radius 2 is 1.82 bits per heavy atom. The van der Waals surface area contributed by atoms with E-state index in [4.69, 9.17) is 5.11 Å². The summed E-state index contributed by atoms with van der Waals surface area (Å²) >= 11 is 0. The van der Waals surface area contributed by atoms with Crippen LogP contribution in [0.1, 0.15) is 42.6 Å². The monoisotopic (exact) mass is 461 g/mol. The summed E-state index contributed by atoms with van der Waals surface area (Å²) in [6, 6.07) is 18.0. The molecule has 2 amide bonds. The predicted octanol–water partition coefficient (Wildman–Crippen LogP) is 4.11. The van der Waals surface area contributed by atoms with Crippen molar-refractivity contribution >= 4 is 12.0 Å². The lowest BCUT2D eigenvalue weighted by Gasteiger charge is -2.31. The molecule has 0 atom stereocenters. The summed E-state index contributed by atoms with van der Waals surface area (Å²) in [5, 5.41) is 21.9. The Balaban J connectivity index is 1.38. The van der Waals surface area contributed by atoms with E-state index in [1.807, 2.05) is 38.1 Å². The first-order valence-corrected chi connectivity index (χ1v) is 11.6. The van der Waals surface area contributed by atoms with Crippen LogP contribution in [0, 0.1) is 0 Å². The zero-order chi connectivity index (χ0) is 24.1. The van der Waals surface area contributed by atoms with Gasteiger partial charge in [-0.05, 0) is 56.0 Å². The number of aromatic nitrogens is 2. The molecule has 0 spiro atoms. The van der Waals surface area contributed by atoms with E-state index in [1.54, 1.807) is 6.07 Å². The third-order valence-corrected chi connectivity index (χ3v) is 6.00. The predicted molar refractivity (Wildman–Crippen MR) is 132 cm³/mol. The topological polar surface area (TPSA) is 110 Å². The first-order chi connectivity index (χ1) is 16.4. The number of likely N-dealkylation sites (tertiary alicyclic amines) is 1. The summed E-state index contributed by atoms with van der Waals surface area (Å²) < 4.78 is 0. The molecule has 3 aromatic rings. The van der Waals surface area contributed by atoms with Crippen molar-refractivity contribution in [3.63, 3.8) is 0 Å². The maximum absolute atomic E-state index is 12.3. The fraction of sp³-hybridized carbons (Fsp3) is 0.346. The van der Waals surface area contributed by atoms with E-state index in [2.05, 4.69) is 50.0 Å². The fourth-order valence-corrected chi connectivity index (χ4v) is 4.24. The van der Waals surface area contributed by atoms with Gasteiger partial charge in [-0.25, -0.2) is 4.79 Å². The molecule has 0 saturated carbocycles. The Kier molecular flexibility index (Phi) is 7.27. The lowest BCUT2D eigenvalue weighted by Crippen LogP contribution is -2.43. The Morgan fingerprint density at radius 3 is 2.50 bits per heavy atom. The molecule has 1 aliphatic rings. The van der Waals surface area contributed by atoms with E-state index in [9.17, 15) is 9.59 Å². The smallest absolute Gasteiger partial charge is 0.404 e. The molecule has 1 fully saturated rings. The van der Waals surface area contributed by atoms with E-state index in [0.29, 0.717) is 5.56 Å². The summed E-state index contributed by atoms with van der Waals surface area (Å²) in [5.74, 6) is -0.0921. The van der Waals surface area contributed by atoms with Crippen LogP contribution < -0.4 is 10.6 Å². The van der Waals surface area contributed by atoms with Gasteiger partial charge in [-0.2, -0.15) is 5.10 Å². The highest BCUT2D eigenvalue weighted by atomic mass is 16.4. The lowest BCUT2D eigenvalue weighted by molar-refractivity contribution is 0.0943. The number of piperidine rings is 1. The third-order valence-electron chi connectivity index (χ3n) is 6.00. The standard InChI is InChI=1S/C26H31N5O3/c1-17(2)27-25(32)21-5-3-4-20(14-21)24-15-23(29-30-24)19-8-6-18(7-9-19)16-31-12-10-22(11-13-31)28-26(33)34/h3-9,14-15,17,22,28H,10-13,16H2,1-2H3,(H,27,32)(H,29,30)(H,33,34). The molecule has 178 valence electrons. The van der Waals surface area contributed by atoms with Crippen LogP contribution in [0.15, 0.2) is 54.6 Å². The van der Waals surface area contributed by atoms with Gasteiger partial charge in [0.2, 0.25) is 0 Å². The van der Waals surface area contributed by atoms with Gasteiger partial charge in [0.25, 0.3) is 5.91 Å². The maximum atomic E-state index is 12.3. The molecule has 1 aromatic heterocycles. The van der Waals surface area contributed by atoms with Gasteiger partial charge in [0.05, 0.1) is 11.4 Å². The first-order valence-electron chi connectivity index (χ1n) is 11.6. The molecule has 8 nitrogen and oxygen atoms in total. The SMILES string of the molecule is CC(C)NC(=O)c1cccc(-c2cc(-c3ccc(CN4CCC(NC(=O)O)CC4)cc3)[nH]n2)c1. The number of benzene rings is 2. The van der Waals surface area contributed by atoms with Gasteiger partial charge < -0.3 is 15.7 Å². The zero-order valence-electron chi connectivity index (χ0n) is 19.5. The Bertz CT molecular complexity index is 1130. The summed E-state index contributed by atoms with van der Waals surface area (Å²) in [6.07, 6.45) is 0.726. The van der Waals surface area contributed by atoms with Crippen LogP contribution in [0.3, 0.4) is 0 Å². The van der Waals surface area contributed by atoms with E-state index >= 15 is 0 Å². The van der Waals surface area contributed by atoms with Crippen molar-refractivity contribution in [3.05, 3.63) is 65.7 Å². The Labute approximate surface area is 199 Å². The largest absolute Gasteiger partial charge is 0.465 e. The molecule has 0 aliphatic carbocycles. The van der Waals surface area contributed by atoms with Crippen molar-refractivity contribution in [2.75, 3.05) is 13.1 Å². The summed E-state index contributed by atoms with van der Waals surface area (Å²) in [4.78, 5) is 25.5. The Hall–Kier alpha value is -3.65. The van der Waals surface area contributed by atoms with Crippen LogP contribution in [0.2, 0.25) is 0 Å². The summed E-state index contributed by atoms with van der Waals surface area (Å²) in [5.41, 5.74) is 5.46. The van der Waals surface area contributed by atoms with E-state index in [-0.39, 0.29) is 18.0 Å². The number of carbonyl (C=O) groups is 2. The number of hydrogen-bond acceptors (Lipinski definition) is 4. The molecule has 8 heteroatoms. The molecule has 1 aliphatic heterocycles. The molecular weight excluding hydrogens is 430 g/mol. The molecule has 0 bridgehead atoms. The van der Waals surface area contributed by atoms with Crippen LogP contribution in [0.25, 0.3) is 22.5 Å². The average Bonchev–Trinajstić information content (AvgIpc) is 3.31. The highest BCUT2D eigenvalue weighted by Gasteiger charge is 2.20. The number of nitrogens with one attached hydrogen (secondary N) is 3. The van der Waals surface area contributed by atoms with Crippen LogP contribution in [-0.4, -0.2) is 57.4 Å². The van der Waals surface area contributed by atoms with Gasteiger partial charge in [0, 0.05) is 42.8 Å². The molecular formula is C26H31N5O3. The van der Waals surface area contributed by atoms with Crippen molar-refractivity contribution < 1.29 is 14.7 Å². The van der Waals surface area contributed by atoms with Crippen molar-refractivity contribution in [2.24, 2.45) is 0 Å². The highest BCUT2D eigenvalue weighted by molar-refractivity contribution is 5.95. The number of hydrogen-bond donors (Lipinski definition) is 4. The quantitative estimate of drug-likeness (QED) is 0.423. The van der Waals surface area contributed by atoms with E-state index < -0.39 is 6.09 Å². The number of carboxylic acid groups (broad SMARTS) is 1. The number of H-pyrrole nitrogens is 1. The number of rotatable bonds is 7. The van der Waals surface area contributed by atoms with Crippen molar-refractivity contribution in [1.82, 2.24) is 25.7 Å². The van der Waals surface area contributed by atoms with Crippen LogP contribution >= 0.6 is 0 Å². The molecule has 34 heavy (non-hydrogen) atoms. The van der Waals surface area contributed by atoms with Gasteiger partial charge in [-0.3, -0.25) is 14.8 Å². The van der Waals surface area contributed by atoms with Gasteiger partial charge in [-0.15, -0.1) is 0 Å². The number of carbonyl (C=O) groups excluding carboxylic acids is 1. The maximum Gasteiger partial charge on any atom is 0.404 e. The van der Waals surface area contributed by atoms with Crippen molar-refractivity contribution in [1.29, 1.82) is 0 Å². The molecule has 2 heterocycles. The minimum Gasteiger partial charge on any atom is -0.465 e. The fourth-order valence-electron chi connectivity index (χ4n) is 4.24. The van der Waals surface area contributed by atoms with Gasteiger partial charge in [-0.1, -0.05) is 36.4 Å². The highest BCUT2D eigenvalue weighted by Crippen LogP contribution is 2.25. The second-order valence-electron chi connectivity index (χ2n) is 9.07. The molecule has 0 unspecified atom stereocenters. The average molecular weight is 462 g/mol. The summed E-state index contributed by atoms with van der Waals surface area (Å²) in [6.45, 7) is 6.48.